The third-order valence-corrected chi connectivity index (χ3v) is 3.11. The van der Waals surface area contributed by atoms with Crippen molar-refractivity contribution < 1.29 is 9.59 Å². The van der Waals surface area contributed by atoms with E-state index in [1.807, 2.05) is 39.0 Å². The third kappa shape index (κ3) is 5.02. The summed E-state index contributed by atoms with van der Waals surface area (Å²) in [5.41, 5.74) is 2.48. The number of nitrogens with one attached hydrogen (secondary N) is 3. The van der Waals surface area contributed by atoms with Gasteiger partial charge in [0.2, 0.25) is 11.8 Å². The molecule has 0 fully saturated rings. The Labute approximate surface area is 131 Å². The quantitative estimate of drug-likeness (QED) is 0.802. The van der Waals surface area contributed by atoms with Crippen molar-refractivity contribution in [2.75, 3.05) is 17.2 Å². The van der Waals surface area contributed by atoms with Crippen LogP contribution in [0, 0.1) is 0 Å². The highest BCUT2D eigenvalue weighted by molar-refractivity contribution is 5.98. The second-order valence-corrected chi connectivity index (χ2v) is 6.03. The molecule has 0 aromatic heterocycles. The van der Waals surface area contributed by atoms with Crippen LogP contribution in [0.5, 0.6) is 0 Å². The molecule has 0 spiro atoms. The van der Waals surface area contributed by atoms with Gasteiger partial charge in [-0.05, 0) is 44.9 Å². The smallest absolute Gasteiger partial charge is 0.238 e. The van der Waals surface area contributed by atoms with E-state index in [0.29, 0.717) is 12.8 Å². The molecule has 1 aliphatic heterocycles. The van der Waals surface area contributed by atoms with E-state index in [-0.39, 0.29) is 36.3 Å². The summed E-state index contributed by atoms with van der Waals surface area (Å²) < 4.78 is 0. The minimum atomic E-state index is -0.0958. The number of halogens is 1. The molecular formula is C15H22ClN3O2. The summed E-state index contributed by atoms with van der Waals surface area (Å²) >= 11 is 0. The molecule has 0 saturated carbocycles. The van der Waals surface area contributed by atoms with Crippen LogP contribution >= 0.6 is 12.4 Å². The Morgan fingerprint density at radius 2 is 2.00 bits per heavy atom. The highest BCUT2D eigenvalue weighted by Crippen LogP contribution is 2.29. The zero-order chi connectivity index (χ0) is 14.8. The lowest BCUT2D eigenvalue weighted by molar-refractivity contribution is -0.116. The molecule has 6 heteroatoms. The highest BCUT2D eigenvalue weighted by atomic mass is 35.5. The fraction of sp³-hybridized carbons (Fsp3) is 0.467. The average molecular weight is 312 g/mol. The third-order valence-electron chi connectivity index (χ3n) is 3.11. The summed E-state index contributed by atoms with van der Waals surface area (Å²) in [5.74, 6) is -0.0550. The van der Waals surface area contributed by atoms with Gasteiger partial charge in [0.1, 0.15) is 0 Å². The van der Waals surface area contributed by atoms with Crippen molar-refractivity contribution in [3.05, 3.63) is 23.8 Å². The van der Waals surface area contributed by atoms with Gasteiger partial charge in [-0.2, -0.15) is 0 Å². The van der Waals surface area contributed by atoms with Crippen LogP contribution in [-0.2, 0) is 16.0 Å². The number of rotatable bonds is 3. The molecule has 5 nitrogen and oxygen atoms in total. The van der Waals surface area contributed by atoms with Crippen molar-refractivity contribution in [1.29, 1.82) is 0 Å². The molecule has 0 atom stereocenters. The highest BCUT2D eigenvalue weighted by Gasteiger charge is 2.19. The maximum atomic E-state index is 11.9. The second-order valence-electron chi connectivity index (χ2n) is 6.03. The zero-order valence-corrected chi connectivity index (χ0v) is 13.4. The van der Waals surface area contributed by atoms with Crippen molar-refractivity contribution in [2.24, 2.45) is 0 Å². The summed E-state index contributed by atoms with van der Waals surface area (Å²) in [6.07, 6.45) is 1.12. The first-order valence-electron chi connectivity index (χ1n) is 6.82. The Morgan fingerprint density at radius 3 is 2.67 bits per heavy atom. The van der Waals surface area contributed by atoms with Crippen molar-refractivity contribution in [3.63, 3.8) is 0 Å². The molecule has 1 aromatic rings. The molecule has 1 aliphatic rings. The molecule has 0 radical (unpaired) electrons. The minimum absolute atomic E-state index is 0. The lowest BCUT2D eigenvalue weighted by atomic mass is 10.0. The number of amides is 2. The molecule has 0 aliphatic carbocycles. The normalized spacial score (nSPS) is 13.8. The van der Waals surface area contributed by atoms with Gasteiger partial charge in [0.15, 0.2) is 0 Å². The Bertz CT molecular complexity index is 538. The molecule has 2 amide bonds. The molecule has 0 bridgehead atoms. The van der Waals surface area contributed by atoms with Gasteiger partial charge >= 0.3 is 0 Å². The molecule has 2 rings (SSSR count). The fourth-order valence-electron chi connectivity index (χ4n) is 2.08. The molecule has 116 valence electrons. The Kier molecular flexibility index (Phi) is 5.75. The van der Waals surface area contributed by atoms with Crippen LogP contribution in [-0.4, -0.2) is 23.9 Å². The van der Waals surface area contributed by atoms with Crippen molar-refractivity contribution in [1.82, 2.24) is 5.32 Å². The number of carbonyl (C=O) groups excluding carboxylic acids is 2. The monoisotopic (exact) mass is 311 g/mol. The van der Waals surface area contributed by atoms with E-state index < -0.39 is 0 Å². The van der Waals surface area contributed by atoms with E-state index in [0.717, 1.165) is 16.9 Å². The van der Waals surface area contributed by atoms with Crippen LogP contribution in [0.4, 0.5) is 11.4 Å². The van der Waals surface area contributed by atoms with E-state index in [9.17, 15) is 9.59 Å². The van der Waals surface area contributed by atoms with E-state index in [4.69, 9.17) is 0 Å². The molecular weight excluding hydrogens is 290 g/mol. The van der Waals surface area contributed by atoms with E-state index >= 15 is 0 Å². The summed E-state index contributed by atoms with van der Waals surface area (Å²) in [5, 5.41) is 8.88. The van der Waals surface area contributed by atoms with E-state index in [1.54, 1.807) is 0 Å². The minimum Gasteiger partial charge on any atom is -0.326 e. The van der Waals surface area contributed by atoms with Gasteiger partial charge in [-0.25, -0.2) is 0 Å². The predicted molar refractivity (Wildman–Crippen MR) is 87.0 cm³/mol. The first kappa shape index (κ1) is 17.5. The zero-order valence-electron chi connectivity index (χ0n) is 12.6. The number of fused-ring (bicyclic) bond motifs is 1. The molecule has 1 aromatic carbocycles. The first-order valence-corrected chi connectivity index (χ1v) is 6.82. The van der Waals surface area contributed by atoms with E-state index in [2.05, 4.69) is 16.0 Å². The Hall–Kier alpha value is -1.59. The molecule has 0 unspecified atom stereocenters. The average Bonchev–Trinajstić information content (AvgIpc) is 2.35. The van der Waals surface area contributed by atoms with Gasteiger partial charge in [0.05, 0.1) is 6.54 Å². The predicted octanol–water partition coefficient (Wildman–Crippen LogP) is 2.32. The molecule has 3 N–H and O–H groups in total. The molecule has 1 heterocycles. The van der Waals surface area contributed by atoms with Crippen molar-refractivity contribution >= 4 is 35.6 Å². The number of hydrogen-bond acceptors (Lipinski definition) is 3. The number of benzene rings is 1. The van der Waals surface area contributed by atoms with Crippen LogP contribution in [0.2, 0.25) is 0 Å². The largest absolute Gasteiger partial charge is 0.326 e. The summed E-state index contributed by atoms with van der Waals surface area (Å²) in [6.45, 7) is 6.31. The van der Waals surface area contributed by atoms with Crippen LogP contribution in [0.1, 0.15) is 32.8 Å². The summed E-state index contributed by atoms with van der Waals surface area (Å²) in [6, 6.07) is 5.55. The van der Waals surface area contributed by atoms with Crippen molar-refractivity contribution in [2.45, 2.75) is 39.2 Å². The van der Waals surface area contributed by atoms with Gasteiger partial charge in [-0.3, -0.25) is 9.59 Å². The first-order chi connectivity index (χ1) is 9.35. The Morgan fingerprint density at radius 1 is 1.29 bits per heavy atom. The van der Waals surface area contributed by atoms with Crippen LogP contribution in [0.25, 0.3) is 0 Å². The lowest BCUT2D eigenvalue weighted by Crippen LogP contribution is -2.41. The summed E-state index contributed by atoms with van der Waals surface area (Å²) in [4.78, 5) is 23.3. The SMILES string of the molecule is CC(C)(C)NCC(=O)Nc1cccc2c1CCC(=O)N2.Cl. The van der Waals surface area contributed by atoms with Crippen LogP contribution in [0.3, 0.4) is 0 Å². The standard InChI is InChI=1S/C15H21N3O2.ClH/c1-15(2,3)16-9-14(20)18-12-6-4-5-11-10(12)7-8-13(19)17-11;/h4-6,16H,7-9H2,1-3H3,(H,17,19)(H,18,20);1H. The van der Waals surface area contributed by atoms with Crippen LogP contribution < -0.4 is 16.0 Å². The molecule has 21 heavy (non-hydrogen) atoms. The van der Waals surface area contributed by atoms with Crippen LogP contribution in [0.15, 0.2) is 18.2 Å². The topological polar surface area (TPSA) is 70.2 Å². The fourth-order valence-corrected chi connectivity index (χ4v) is 2.08. The maximum absolute atomic E-state index is 11.9. The van der Waals surface area contributed by atoms with Gasteiger partial charge < -0.3 is 16.0 Å². The van der Waals surface area contributed by atoms with Gasteiger partial charge in [0.25, 0.3) is 0 Å². The maximum Gasteiger partial charge on any atom is 0.238 e. The summed E-state index contributed by atoms with van der Waals surface area (Å²) in [7, 11) is 0. The van der Waals surface area contributed by atoms with Gasteiger partial charge in [-0.15, -0.1) is 12.4 Å². The molecule has 0 saturated heterocycles. The Balaban J connectivity index is 0.00000220. The lowest BCUT2D eigenvalue weighted by Gasteiger charge is -2.22. The second kappa shape index (κ2) is 6.91. The number of hydrogen-bond donors (Lipinski definition) is 3. The van der Waals surface area contributed by atoms with Gasteiger partial charge in [-0.1, -0.05) is 6.07 Å². The number of carbonyl (C=O) groups is 2. The number of anilines is 2. The van der Waals surface area contributed by atoms with Gasteiger partial charge in [0, 0.05) is 23.3 Å². The van der Waals surface area contributed by atoms with Crippen molar-refractivity contribution in [3.8, 4) is 0 Å². The van der Waals surface area contributed by atoms with E-state index in [1.165, 1.54) is 0 Å².